The number of para-hydroxylation sites is 1. The van der Waals surface area contributed by atoms with E-state index in [1.54, 1.807) is 7.11 Å². The lowest BCUT2D eigenvalue weighted by molar-refractivity contribution is -0.121. The summed E-state index contributed by atoms with van der Waals surface area (Å²) in [5.74, 6) is -0.469. The number of hydrogen-bond acceptors (Lipinski definition) is 4. The third kappa shape index (κ3) is 5.43. The van der Waals surface area contributed by atoms with E-state index in [2.05, 4.69) is 5.32 Å². The number of methoxy groups -OCH3 is 1. The van der Waals surface area contributed by atoms with Crippen molar-refractivity contribution in [2.75, 3.05) is 24.2 Å². The monoisotopic (exact) mass is 394 g/mol. The fourth-order valence-electron chi connectivity index (χ4n) is 2.68. The molecular formula is C19H23FN2O4S. The third-order valence-electron chi connectivity index (χ3n) is 4.05. The van der Waals surface area contributed by atoms with Gasteiger partial charge in [-0.2, -0.15) is 0 Å². The number of benzene rings is 2. The topological polar surface area (TPSA) is 75.7 Å². The van der Waals surface area contributed by atoms with Crippen LogP contribution in [0.3, 0.4) is 0 Å². The summed E-state index contributed by atoms with van der Waals surface area (Å²) in [5, 5.41) is 2.70. The van der Waals surface area contributed by atoms with Crippen molar-refractivity contribution >= 4 is 21.6 Å². The van der Waals surface area contributed by atoms with E-state index in [1.165, 1.54) is 25.1 Å². The number of carbonyl (C=O) groups excluding carboxylic acids is 1. The van der Waals surface area contributed by atoms with Crippen LogP contribution in [-0.4, -0.2) is 40.3 Å². The minimum Gasteiger partial charge on any atom is -0.497 e. The Morgan fingerprint density at radius 1 is 1.19 bits per heavy atom. The van der Waals surface area contributed by atoms with Gasteiger partial charge >= 0.3 is 0 Å². The molecule has 0 aliphatic heterocycles. The van der Waals surface area contributed by atoms with Gasteiger partial charge in [-0.1, -0.05) is 24.3 Å². The molecule has 1 amide bonds. The number of halogens is 1. The van der Waals surface area contributed by atoms with E-state index in [-0.39, 0.29) is 5.69 Å². The van der Waals surface area contributed by atoms with Gasteiger partial charge in [0.1, 0.15) is 17.6 Å². The highest BCUT2D eigenvalue weighted by molar-refractivity contribution is 7.92. The Bertz CT molecular complexity index is 885. The molecule has 0 aliphatic rings. The molecule has 0 unspecified atom stereocenters. The Morgan fingerprint density at radius 3 is 2.37 bits per heavy atom. The number of carbonyl (C=O) groups is 1. The van der Waals surface area contributed by atoms with E-state index in [4.69, 9.17) is 4.74 Å². The normalized spacial score (nSPS) is 12.3. The van der Waals surface area contributed by atoms with Crippen LogP contribution in [0.4, 0.5) is 10.1 Å². The van der Waals surface area contributed by atoms with Gasteiger partial charge in [0.15, 0.2) is 0 Å². The molecule has 146 valence electrons. The second-order valence-electron chi connectivity index (χ2n) is 6.08. The lowest BCUT2D eigenvalue weighted by Crippen LogP contribution is -2.48. The van der Waals surface area contributed by atoms with Crippen LogP contribution in [0.15, 0.2) is 48.5 Å². The first-order valence-electron chi connectivity index (χ1n) is 8.38. The summed E-state index contributed by atoms with van der Waals surface area (Å²) in [6.07, 6.45) is 1.52. The van der Waals surface area contributed by atoms with Gasteiger partial charge in [0.25, 0.3) is 0 Å². The predicted octanol–water partition coefficient (Wildman–Crippen LogP) is 2.35. The summed E-state index contributed by atoms with van der Waals surface area (Å²) >= 11 is 0. The molecule has 27 heavy (non-hydrogen) atoms. The van der Waals surface area contributed by atoms with Crippen molar-refractivity contribution in [1.82, 2.24) is 5.32 Å². The molecule has 1 atom stereocenters. The Balaban J connectivity index is 2.05. The molecule has 0 spiro atoms. The van der Waals surface area contributed by atoms with Crippen LogP contribution in [0, 0.1) is 5.82 Å². The maximum absolute atomic E-state index is 14.1. The summed E-state index contributed by atoms with van der Waals surface area (Å²) in [7, 11) is -2.27. The van der Waals surface area contributed by atoms with Crippen molar-refractivity contribution in [2.45, 2.75) is 19.4 Å². The zero-order valence-electron chi connectivity index (χ0n) is 15.5. The van der Waals surface area contributed by atoms with Crippen LogP contribution >= 0.6 is 0 Å². The molecule has 6 nitrogen and oxygen atoms in total. The summed E-state index contributed by atoms with van der Waals surface area (Å²) in [5.41, 5.74) is 0.843. The number of nitrogens with zero attached hydrogens (tertiary/aromatic N) is 1. The average molecular weight is 394 g/mol. The Labute approximate surface area is 159 Å². The summed E-state index contributed by atoms with van der Waals surface area (Å²) < 4.78 is 44.3. The van der Waals surface area contributed by atoms with Crippen LogP contribution in [-0.2, 0) is 21.2 Å². The van der Waals surface area contributed by atoms with Gasteiger partial charge in [-0.15, -0.1) is 0 Å². The van der Waals surface area contributed by atoms with E-state index in [1.807, 2.05) is 24.3 Å². The smallest absolute Gasteiger partial charge is 0.243 e. The van der Waals surface area contributed by atoms with Gasteiger partial charge in [0, 0.05) is 6.54 Å². The molecule has 8 heteroatoms. The highest BCUT2D eigenvalue weighted by Crippen LogP contribution is 2.24. The Morgan fingerprint density at radius 2 is 1.81 bits per heavy atom. The molecule has 0 heterocycles. The molecule has 0 saturated heterocycles. The van der Waals surface area contributed by atoms with Crippen molar-refractivity contribution in [2.24, 2.45) is 0 Å². The highest BCUT2D eigenvalue weighted by Gasteiger charge is 2.30. The van der Waals surface area contributed by atoms with Gasteiger partial charge in [-0.25, -0.2) is 12.8 Å². The minimum atomic E-state index is -3.85. The summed E-state index contributed by atoms with van der Waals surface area (Å²) in [4.78, 5) is 12.4. The lowest BCUT2D eigenvalue weighted by atomic mass is 10.1. The summed E-state index contributed by atoms with van der Waals surface area (Å²) in [6.45, 7) is 1.75. The molecule has 0 saturated carbocycles. The van der Waals surface area contributed by atoms with Crippen molar-refractivity contribution in [3.05, 3.63) is 59.9 Å². The number of sulfonamides is 1. The van der Waals surface area contributed by atoms with Gasteiger partial charge in [-0.3, -0.25) is 9.10 Å². The first-order valence-corrected chi connectivity index (χ1v) is 10.2. The van der Waals surface area contributed by atoms with Crippen molar-refractivity contribution in [3.63, 3.8) is 0 Å². The molecule has 1 N–H and O–H groups in total. The standard InChI is InChI=1S/C19H23FN2O4S/c1-14(22(27(3,24)25)18-7-5-4-6-17(18)20)19(23)21-13-12-15-8-10-16(26-2)11-9-15/h4-11,14H,12-13H2,1-3H3,(H,21,23)/t14-/m0/s1. The number of nitrogens with one attached hydrogen (secondary N) is 1. The number of anilines is 1. The fourth-order valence-corrected chi connectivity index (χ4v) is 3.86. The van der Waals surface area contributed by atoms with Crippen LogP contribution in [0.5, 0.6) is 5.75 Å². The predicted molar refractivity (Wildman–Crippen MR) is 103 cm³/mol. The van der Waals surface area contributed by atoms with Crippen LogP contribution < -0.4 is 14.4 Å². The van der Waals surface area contributed by atoms with Gasteiger partial charge in [-0.05, 0) is 43.2 Å². The minimum absolute atomic E-state index is 0.155. The van der Waals surface area contributed by atoms with Crippen LogP contribution in [0.25, 0.3) is 0 Å². The maximum Gasteiger partial charge on any atom is 0.243 e. The summed E-state index contributed by atoms with van der Waals surface area (Å²) in [6, 6.07) is 11.8. The van der Waals surface area contributed by atoms with E-state index in [0.717, 1.165) is 27.9 Å². The number of amides is 1. The number of ether oxygens (including phenoxy) is 1. The molecule has 0 bridgehead atoms. The van der Waals surface area contributed by atoms with Gasteiger partial charge < -0.3 is 10.1 Å². The number of rotatable bonds is 8. The molecular weight excluding hydrogens is 371 g/mol. The van der Waals surface area contributed by atoms with E-state index in [9.17, 15) is 17.6 Å². The first kappa shape index (κ1) is 20.7. The van der Waals surface area contributed by atoms with E-state index < -0.39 is 27.8 Å². The highest BCUT2D eigenvalue weighted by atomic mass is 32.2. The SMILES string of the molecule is COc1ccc(CCNC(=O)[C@H](C)N(c2ccccc2F)S(C)(=O)=O)cc1. The zero-order chi connectivity index (χ0) is 20.0. The molecule has 0 fully saturated rings. The molecule has 0 aliphatic carbocycles. The zero-order valence-corrected chi connectivity index (χ0v) is 16.3. The van der Waals surface area contributed by atoms with Gasteiger partial charge in [0.05, 0.1) is 19.1 Å². The van der Waals surface area contributed by atoms with Crippen LogP contribution in [0.2, 0.25) is 0 Å². The van der Waals surface area contributed by atoms with Crippen molar-refractivity contribution in [3.8, 4) is 5.75 Å². The molecule has 0 radical (unpaired) electrons. The van der Waals surface area contributed by atoms with E-state index in [0.29, 0.717) is 13.0 Å². The van der Waals surface area contributed by atoms with Gasteiger partial charge in [0.2, 0.25) is 15.9 Å². The fraction of sp³-hybridized carbons (Fsp3) is 0.316. The quantitative estimate of drug-likeness (QED) is 0.746. The largest absolute Gasteiger partial charge is 0.497 e. The maximum atomic E-state index is 14.1. The molecule has 2 aromatic rings. The second-order valence-corrected chi connectivity index (χ2v) is 7.93. The van der Waals surface area contributed by atoms with Crippen molar-refractivity contribution in [1.29, 1.82) is 0 Å². The third-order valence-corrected chi connectivity index (χ3v) is 5.28. The van der Waals surface area contributed by atoms with E-state index >= 15 is 0 Å². The molecule has 2 rings (SSSR count). The van der Waals surface area contributed by atoms with Crippen LogP contribution in [0.1, 0.15) is 12.5 Å². The molecule has 2 aromatic carbocycles. The lowest BCUT2D eigenvalue weighted by Gasteiger charge is -2.28. The Kier molecular flexibility index (Phi) is 6.79. The number of hydrogen-bond donors (Lipinski definition) is 1. The molecule has 0 aromatic heterocycles. The first-order chi connectivity index (χ1) is 12.7. The Hall–Kier alpha value is -2.61. The average Bonchev–Trinajstić information content (AvgIpc) is 2.63. The van der Waals surface area contributed by atoms with Crippen molar-refractivity contribution < 1.29 is 22.3 Å². The second kappa shape index (κ2) is 8.85.